The van der Waals surface area contributed by atoms with Gasteiger partial charge in [0.15, 0.2) is 5.58 Å². The van der Waals surface area contributed by atoms with Gasteiger partial charge in [0.25, 0.3) is 0 Å². The maximum absolute atomic E-state index is 6.52. The first-order valence-electron chi connectivity index (χ1n) is 18.5. The zero-order valence-corrected chi connectivity index (χ0v) is 29.7. The van der Waals surface area contributed by atoms with Crippen LogP contribution in [0.5, 0.6) is 0 Å². The zero-order chi connectivity index (χ0) is 36.3. The maximum atomic E-state index is 6.52. The van der Waals surface area contributed by atoms with Crippen molar-refractivity contribution in [3.05, 3.63) is 194 Å². The van der Waals surface area contributed by atoms with Crippen LogP contribution in [0.25, 0.3) is 88.3 Å². The van der Waals surface area contributed by atoms with Gasteiger partial charge in [-0.3, -0.25) is 0 Å². The molecule has 11 rings (SSSR count). The molecule has 4 nitrogen and oxygen atoms in total. The van der Waals surface area contributed by atoms with Crippen LogP contribution in [0.3, 0.4) is 0 Å². The number of rotatable bonds is 6. The lowest BCUT2D eigenvalue weighted by Gasteiger charge is -2.26. The summed E-state index contributed by atoms with van der Waals surface area (Å²) >= 11 is 0. The Hall–Kier alpha value is -7.43. The quantitative estimate of drug-likeness (QED) is 0.162. The monoisotopic (exact) mass is 704 g/mol. The van der Waals surface area contributed by atoms with Gasteiger partial charge in [0, 0.05) is 44.9 Å². The molecule has 0 aliphatic heterocycles. The Morgan fingerprint density at radius 3 is 1.84 bits per heavy atom. The molecule has 0 radical (unpaired) electrons. The first kappa shape index (κ1) is 31.1. The van der Waals surface area contributed by atoms with E-state index in [1.807, 2.05) is 48.5 Å². The lowest BCUT2D eigenvalue weighted by molar-refractivity contribution is 0.623. The summed E-state index contributed by atoms with van der Waals surface area (Å²) in [6, 6.07) is 68.2. The van der Waals surface area contributed by atoms with Gasteiger partial charge in [0.05, 0.1) is 0 Å². The number of benzene rings is 9. The van der Waals surface area contributed by atoms with E-state index < -0.39 is 0 Å². The van der Waals surface area contributed by atoms with Crippen LogP contribution in [0.1, 0.15) is 0 Å². The fraction of sp³-hybridized carbons (Fsp3) is 0. The van der Waals surface area contributed by atoms with Crippen molar-refractivity contribution in [1.82, 2.24) is 4.98 Å². The smallest absolute Gasteiger partial charge is 0.227 e. The number of para-hydroxylation sites is 1. The van der Waals surface area contributed by atoms with E-state index in [1.165, 1.54) is 16.7 Å². The Kier molecular flexibility index (Phi) is 7.14. The molecule has 0 fully saturated rings. The van der Waals surface area contributed by atoms with Crippen LogP contribution in [-0.2, 0) is 0 Å². The fourth-order valence-corrected chi connectivity index (χ4v) is 8.08. The van der Waals surface area contributed by atoms with Crippen molar-refractivity contribution in [2.75, 3.05) is 4.90 Å². The minimum absolute atomic E-state index is 0.623. The zero-order valence-electron chi connectivity index (χ0n) is 29.7. The van der Waals surface area contributed by atoms with E-state index in [2.05, 4.69) is 150 Å². The van der Waals surface area contributed by atoms with Gasteiger partial charge in [0.1, 0.15) is 16.7 Å². The van der Waals surface area contributed by atoms with Gasteiger partial charge >= 0.3 is 0 Å². The van der Waals surface area contributed by atoms with Crippen molar-refractivity contribution in [2.45, 2.75) is 0 Å². The number of fused-ring (bicyclic) bond motifs is 8. The highest BCUT2D eigenvalue weighted by Gasteiger charge is 2.19. The van der Waals surface area contributed by atoms with Crippen molar-refractivity contribution in [3.8, 4) is 33.7 Å². The Balaban J connectivity index is 1.10. The molecule has 0 unspecified atom stereocenters. The molecular formula is C51H32N2O2. The first-order valence-corrected chi connectivity index (χ1v) is 18.5. The normalized spacial score (nSPS) is 11.6. The largest absolute Gasteiger partial charge is 0.456 e. The van der Waals surface area contributed by atoms with Crippen molar-refractivity contribution < 1.29 is 8.83 Å². The van der Waals surface area contributed by atoms with Crippen LogP contribution in [0.2, 0.25) is 0 Å². The Morgan fingerprint density at radius 1 is 0.382 bits per heavy atom. The molecule has 4 heteroatoms. The SMILES string of the molecule is c1ccc(-c2nc3ccc4ccc5cc(N(c6cccc(-c7ccccc7-c7ccccc7)c6)c6ccc7c(c6)oc6ccccc67)ccc5c4c3o2)cc1. The average Bonchev–Trinajstić information content (AvgIpc) is 3.86. The molecule has 0 amide bonds. The molecule has 0 aliphatic rings. The summed E-state index contributed by atoms with van der Waals surface area (Å²) in [5, 5.41) is 6.60. The highest BCUT2D eigenvalue weighted by atomic mass is 16.3. The summed E-state index contributed by atoms with van der Waals surface area (Å²) in [6.45, 7) is 0. The van der Waals surface area contributed by atoms with Crippen LogP contribution < -0.4 is 4.90 Å². The Labute approximate surface area is 317 Å². The summed E-state index contributed by atoms with van der Waals surface area (Å²) in [5.41, 5.74) is 12.1. The van der Waals surface area contributed by atoms with E-state index in [9.17, 15) is 0 Å². The molecule has 0 spiro atoms. The summed E-state index contributed by atoms with van der Waals surface area (Å²) in [4.78, 5) is 7.21. The second kappa shape index (κ2) is 12.6. The summed E-state index contributed by atoms with van der Waals surface area (Å²) in [5.74, 6) is 0.623. The van der Waals surface area contributed by atoms with Crippen molar-refractivity contribution in [1.29, 1.82) is 0 Å². The van der Waals surface area contributed by atoms with Gasteiger partial charge in [-0.1, -0.05) is 127 Å². The predicted molar refractivity (Wildman–Crippen MR) is 227 cm³/mol. The second-order valence-corrected chi connectivity index (χ2v) is 13.9. The van der Waals surface area contributed by atoms with Gasteiger partial charge < -0.3 is 13.7 Å². The average molecular weight is 705 g/mol. The fourth-order valence-electron chi connectivity index (χ4n) is 8.08. The summed E-state index contributed by atoms with van der Waals surface area (Å²) < 4.78 is 12.9. The third-order valence-corrected chi connectivity index (χ3v) is 10.7. The highest BCUT2D eigenvalue weighted by molar-refractivity contribution is 6.18. The summed E-state index contributed by atoms with van der Waals surface area (Å²) in [6.07, 6.45) is 0. The Bertz CT molecular complexity index is 3220. The highest BCUT2D eigenvalue weighted by Crippen LogP contribution is 2.43. The lowest BCUT2D eigenvalue weighted by atomic mass is 9.94. The molecule has 2 aromatic heterocycles. The number of oxazole rings is 1. The minimum Gasteiger partial charge on any atom is -0.456 e. The Morgan fingerprint density at radius 2 is 1.00 bits per heavy atom. The molecule has 0 saturated carbocycles. The molecule has 11 aromatic rings. The molecule has 9 aromatic carbocycles. The van der Waals surface area contributed by atoms with Gasteiger partial charge in [-0.2, -0.15) is 0 Å². The molecule has 55 heavy (non-hydrogen) atoms. The molecule has 0 atom stereocenters. The van der Waals surface area contributed by atoms with Gasteiger partial charge in [-0.05, 0) is 99.1 Å². The van der Waals surface area contributed by atoms with E-state index >= 15 is 0 Å². The van der Waals surface area contributed by atoms with Gasteiger partial charge in [-0.15, -0.1) is 0 Å². The van der Waals surface area contributed by atoms with E-state index in [4.69, 9.17) is 13.8 Å². The number of furan rings is 1. The van der Waals surface area contributed by atoms with Gasteiger partial charge in [-0.25, -0.2) is 4.98 Å². The van der Waals surface area contributed by atoms with Crippen LogP contribution in [0.15, 0.2) is 203 Å². The van der Waals surface area contributed by atoms with Crippen molar-refractivity contribution in [3.63, 3.8) is 0 Å². The first-order chi connectivity index (χ1) is 27.2. The molecular weight excluding hydrogens is 673 g/mol. The molecule has 0 bridgehead atoms. The third-order valence-electron chi connectivity index (χ3n) is 10.7. The molecule has 2 heterocycles. The number of nitrogens with zero attached hydrogens (tertiary/aromatic N) is 2. The van der Waals surface area contributed by atoms with Crippen LogP contribution in [-0.4, -0.2) is 4.98 Å². The van der Waals surface area contributed by atoms with Crippen LogP contribution in [0.4, 0.5) is 17.1 Å². The minimum atomic E-state index is 0.623. The second-order valence-electron chi connectivity index (χ2n) is 13.9. The standard InChI is InChI=1S/C51H32N2O2/c1-3-12-33(13-4-1)41-18-7-8-19-42(41)36-16-11-17-38(30-36)53(40-26-28-45-44-20-9-10-21-47(44)54-48(45)32-40)39-25-27-43-37(31-39)23-22-34-24-29-46-50(49(34)43)55-51(52-46)35-14-5-2-6-15-35/h1-32H. The van der Waals surface area contributed by atoms with Crippen molar-refractivity contribution >= 4 is 71.6 Å². The van der Waals surface area contributed by atoms with Crippen molar-refractivity contribution in [2.24, 2.45) is 0 Å². The van der Waals surface area contributed by atoms with E-state index in [1.54, 1.807) is 0 Å². The van der Waals surface area contributed by atoms with Crippen LogP contribution >= 0.6 is 0 Å². The third kappa shape index (κ3) is 5.26. The summed E-state index contributed by atoms with van der Waals surface area (Å²) in [7, 11) is 0. The van der Waals surface area contributed by atoms with Crippen LogP contribution in [0, 0.1) is 0 Å². The lowest BCUT2D eigenvalue weighted by Crippen LogP contribution is -2.10. The molecule has 258 valence electrons. The number of hydrogen-bond acceptors (Lipinski definition) is 4. The molecule has 0 N–H and O–H groups in total. The van der Waals surface area contributed by atoms with E-state index in [-0.39, 0.29) is 0 Å². The molecule has 0 saturated heterocycles. The van der Waals surface area contributed by atoms with Gasteiger partial charge in [0.2, 0.25) is 5.89 Å². The number of aromatic nitrogens is 1. The predicted octanol–water partition coefficient (Wildman–Crippen LogP) is 14.5. The maximum Gasteiger partial charge on any atom is 0.227 e. The number of anilines is 3. The topological polar surface area (TPSA) is 42.4 Å². The van der Waals surface area contributed by atoms with E-state index in [0.717, 1.165) is 82.8 Å². The molecule has 0 aliphatic carbocycles. The number of hydrogen-bond donors (Lipinski definition) is 0. The van der Waals surface area contributed by atoms with E-state index in [0.29, 0.717) is 5.89 Å².